The minimum absolute atomic E-state index is 0.458. The van der Waals surface area contributed by atoms with E-state index in [9.17, 15) is 13.2 Å². The van der Waals surface area contributed by atoms with Crippen molar-refractivity contribution in [3.8, 4) is 5.75 Å². The first-order valence-corrected chi connectivity index (χ1v) is 6.16. The first-order valence-electron chi connectivity index (χ1n) is 5.36. The fourth-order valence-corrected chi connectivity index (χ4v) is 2.08. The van der Waals surface area contributed by atoms with Gasteiger partial charge in [0.2, 0.25) is 0 Å². The Morgan fingerprint density at radius 2 is 2.00 bits per heavy atom. The van der Waals surface area contributed by atoms with Crippen molar-refractivity contribution < 1.29 is 17.9 Å². The molecule has 1 aromatic carbocycles. The number of hydrogen-bond donors (Lipinski definition) is 1. The minimum atomic E-state index is -4.23. The molecule has 0 heterocycles. The van der Waals surface area contributed by atoms with Gasteiger partial charge in [-0.1, -0.05) is 15.9 Å². The van der Waals surface area contributed by atoms with Crippen molar-refractivity contribution >= 4 is 15.9 Å². The van der Waals surface area contributed by atoms with E-state index in [0.29, 0.717) is 11.3 Å². The molecular weight excluding hydrogens is 311 g/mol. The highest BCUT2D eigenvalue weighted by Gasteiger charge is 2.33. The van der Waals surface area contributed by atoms with E-state index in [4.69, 9.17) is 4.74 Å². The van der Waals surface area contributed by atoms with Gasteiger partial charge in [0.25, 0.3) is 0 Å². The normalized spacial score (nSPS) is 13.5. The lowest BCUT2D eigenvalue weighted by Crippen LogP contribution is -2.24. The van der Waals surface area contributed by atoms with Gasteiger partial charge < -0.3 is 10.1 Å². The summed E-state index contributed by atoms with van der Waals surface area (Å²) in [5, 5.41) is 2.68. The summed E-state index contributed by atoms with van der Waals surface area (Å²) in [6.45, 7) is 1.86. The lowest BCUT2D eigenvalue weighted by atomic mass is 10.0. The summed E-state index contributed by atoms with van der Waals surface area (Å²) in [5.74, 6) is 0.458. The van der Waals surface area contributed by atoms with Gasteiger partial charge in [-0.05, 0) is 31.7 Å². The zero-order chi connectivity index (χ0) is 13.9. The third kappa shape index (κ3) is 3.88. The molecule has 0 aromatic heterocycles. The number of hydrogen-bond acceptors (Lipinski definition) is 2. The average Bonchev–Trinajstić information content (AvgIpc) is 2.28. The largest absolute Gasteiger partial charge is 0.496 e. The Kier molecular flexibility index (Phi) is 5.04. The predicted octanol–water partition coefficient (Wildman–Crippen LogP) is 3.98. The first-order chi connectivity index (χ1) is 8.28. The Bertz CT molecular complexity index is 421. The molecule has 0 radical (unpaired) electrons. The van der Waals surface area contributed by atoms with Crippen LogP contribution >= 0.6 is 15.9 Å². The number of rotatable bonds is 4. The van der Waals surface area contributed by atoms with E-state index >= 15 is 0 Å². The fourth-order valence-electron chi connectivity index (χ4n) is 1.72. The number of halogens is 4. The first kappa shape index (κ1) is 15.3. The number of alkyl halides is 3. The van der Waals surface area contributed by atoms with Gasteiger partial charge in [0, 0.05) is 16.1 Å². The zero-order valence-corrected chi connectivity index (χ0v) is 11.9. The molecule has 0 aliphatic carbocycles. The van der Waals surface area contributed by atoms with Crippen molar-refractivity contribution in [3.63, 3.8) is 0 Å². The lowest BCUT2D eigenvalue weighted by molar-refractivity contribution is -0.140. The molecule has 0 spiro atoms. The highest BCUT2D eigenvalue weighted by molar-refractivity contribution is 9.10. The van der Waals surface area contributed by atoms with Gasteiger partial charge in [0.1, 0.15) is 5.75 Å². The number of ether oxygens (including phenoxy) is 1. The van der Waals surface area contributed by atoms with Crippen molar-refractivity contribution in [1.82, 2.24) is 5.32 Å². The molecule has 0 amide bonds. The van der Waals surface area contributed by atoms with Gasteiger partial charge in [-0.2, -0.15) is 13.2 Å². The average molecular weight is 326 g/mol. The summed E-state index contributed by atoms with van der Waals surface area (Å²) in [4.78, 5) is 0. The molecule has 18 heavy (non-hydrogen) atoms. The van der Waals surface area contributed by atoms with Crippen LogP contribution in [-0.2, 0) is 0 Å². The van der Waals surface area contributed by atoms with Gasteiger partial charge in [0.05, 0.1) is 13.5 Å². The highest BCUT2D eigenvalue weighted by atomic mass is 79.9. The summed E-state index contributed by atoms with van der Waals surface area (Å²) in [6.07, 6.45) is -5.16. The summed E-state index contributed by atoms with van der Waals surface area (Å²) in [5.41, 5.74) is 1.41. The van der Waals surface area contributed by atoms with Crippen LogP contribution in [0.3, 0.4) is 0 Å². The molecule has 102 valence electrons. The molecule has 0 saturated heterocycles. The van der Waals surface area contributed by atoms with Crippen molar-refractivity contribution in [2.75, 3.05) is 14.2 Å². The Balaban J connectivity index is 3.16. The van der Waals surface area contributed by atoms with E-state index in [2.05, 4.69) is 21.2 Å². The molecule has 0 aliphatic rings. The SMILES string of the molecule is CNC(CC(F)(F)F)c1cc(Br)c(C)cc1OC. The predicted molar refractivity (Wildman–Crippen MR) is 67.9 cm³/mol. The standard InChI is InChI=1S/C12H15BrF3NO/c1-7-4-11(18-3)8(5-9(7)13)10(17-2)6-12(14,15)16/h4-5,10,17H,6H2,1-3H3. The third-order valence-electron chi connectivity index (χ3n) is 2.67. The number of methoxy groups -OCH3 is 1. The monoisotopic (exact) mass is 325 g/mol. The maximum Gasteiger partial charge on any atom is 0.390 e. The molecule has 0 bridgehead atoms. The third-order valence-corrected chi connectivity index (χ3v) is 3.52. The van der Waals surface area contributed by atoms with Gasteiger partial charge in [-0.15, -0.1) is 0 Å². The number of benzene rings is 1. The molecule has 0 saturated carbocycles. The van der Waals surface area contributed by atoms with Crippen LogP contribution in [0, 0.1) is 6.92 Å². The van der Waals surface area contributed by atoms with Crippen LogP contribution in [0.25, 0.3) is 0 Å². The van der Waals surface area contributed by atoms with E-state index in [1.54, 1.807) is 12.1 Å². The van der Waals surface area contributed by atoms with E-state index in [-0.39, 0.29) is 0 Å². The smallest absolute Gasteiger partial charge is 0.390 e. The molecule has 2 nitrogen and oxygen atoms in total. The van der Waals surface area contributed by atoms with Crippen molar-refractivity contribution in [1.29, 1.82) is 0 Å². The summed E-state index contributed by atoms with van der Waals surface area (Å²) < 4.78 is 43.4. The molecule has 0 aliphatic heterocycles. The van der Waals surface area contributed by atoms with Gasteiger partial charge in [-0.3, -0.25) is 0 Å². The van der Waals surface area contributed by atoms with Gasteiger partial charge >= 0.3 is 6.18 Å². The zero-order valence-electron chi connectivity index (χ0n) is 10.4. The molecule has 1 rings (SSSR count). The second-order valence-corrected chi connectivity index (χ2v) is 4.86. The Morgan fingerprint density at radius 3 is 2.44 bits per heavy atom. The van der Waals surface area contributed by atoms with Crippen LogP contribution in [0.1, 0.15) is 23.6 Å². The molecule has 1 unspecified atom stereocenters. The number of aryl methyl sites for hydroxylation is 1. The van der Waals surface area contributed by atoms with Crippen LogP contribution in [0.5, 0.6) is 5.75 Å². The van der Waals surface area contributed by atoms with Crippen molar-refractivity contribution in [3.05, 3.63) is 27.7 Å². The second-order valence-electron chi connectivity index (χ2n) is 4.00. The second kappa shape index (κ2) is 5.93. The van der Waals surface area contributed by atoms with Gasteiger partial charge in [0.15, 0.2) is 0 Å². The number of nitrogens with one attached hydrogen (secondary N) is 1. The maximum atomic E-state index is 12.5. The van der Waals surface area contributed by atoms with Gasteiger partial charge in [-0.25, -0.2) is 0 Å². The van der Waals surface area contributed by atoms with Crippen molar-refractivity contribution in [2.24, 2.45) is 0 Å². The molecule has 6 heteroatoms. The maximum absolute atomic E-state index is 12.5. The Hall–Kier alpha value is -0.750. The Morgan fingerprint density at radius 1 is 1.39 bits per heavy atom. The molecule has 1 N–H and O–H groups in total. The topological polar surface area (TPSA) is 21.3 Å². The van der Waals surface area contributed by atoms with E-state index in [0.717, 1.165) is 10.0 Å². The molecule has 0 fully saturated rings. The molecular formula is C12H15BrF3NO. The summed E-state index contributed by atoms with van der Waals surface area (Å²) in [7, 11) is 2.95. The van der Waals surface area contributed by atoms with Crippen LogP contribution in [0.15, 0.2) is 16.6 Å². The quantitative estimate of drug-likeness (QED) is 0.904. The van der Waals surface area contributed by atoms with Crippen molar-refractivity contribution in [2.45, 2.75) is 25.6 Å². The van der Waals surface area contributed by atoms with Crippen LogP contribution < -0.4 is 10.1 Å². The molecule has 1 atom stereocenters. The fraction of sp³-hybridized carbons (Fsp3) is 0.500. The van der Waals surface area contributed by atoms with Crippen LogP contribution in [0.2, 0.25) is 0 Å². The highest BCUT2D eigenvalue weighted by Crippen LogP contribution is 2.36. The van der Waals surface area contributed by atoms with Crippen LogP contribution in [0.4, 0.5) is 13.2 Å². The Labute approximate surface area is 113 Å². The van der Waals surface area contributed by atoms with E-state index in [1.807, 2.05) is 6.92 Å². The van der Waals surface area contributed by atoms with E-state index < -0.39 is 18.6 Å². The minimum Gasteiger partial charge on any atom is -0.496 e. The summed E-state index contributed by atoms with van der Waals surface area (Å²) in [6, 6.07) is 2.57. The molecule has 1 aromatic rings. The van der Waals surface area contributed by atoms with E-state index in [1.165, 1.54) is 14.2 Å². The lowest BCUT2D eigenvalue weighted by Gasteiger charge is -2.21. The summed E-state index contributed by atoms with van der Waals surface area (Å²) >= 11 is 3.32. The van der Waals surface area contributed by atoms with Crippen LogP contribution in [-0.4, -0.2) is 20.3 Å².